The third kappa shape index (κ3) is 6.02. The lowest BCUT2D eigenvalue weighted by molar-refractivity contribution is -0.138. The molecule has 1 aliphatic carbocycles. The topological polar surface area (TPSA) is 84.9 Å². The molecule has 3 heterocycles. The van der Waals surface area contributed by atoms with Crippen LogP contribution in [0.3, 0.4) is 0 Å². The quantitative estimate of drug-likeness (QED) is 0.727. The van der Waals surface area contributed by atoms with E-state index >= 15 is 0 Å². The van der Waals surface area contributed by atoms with Gasteiger partial charge in [0.05, 0.1) is 31.6 Å². The lowest BCUT2D eigenvalue weighted by atomic mass is 9.82. The molecule has 2 bridgehead atoms. The molecule has 1 saturated heterocycles. The summed E-state index contributed by atoms with van der Waals surface area (Å²) in [7, 11) is -3.36. The number of carbonyl (C=O) groups is 1. The van der Waals surface area contributed by atoms with Crippen molar-refractivity contribution in [2.24, 2.45) is 0 Å². The van der Waals surface area contributed by atoms with Crippen molar-refractivity contribution in [1.29, 1.82) is 0 Å². The summed E-state index contributed by atoms with van der Waals surface area (Å²) in [5.41, 5.74) is 1.28. The molecular formula is C24H36N2O5S. The van der Waals surface area contributed by atoms with Crippen LogP contribution in [-0.2, 0) is 19.6 Å². The number of carbonyl (C=O) groups excluding carboxylic acids is 1. The third-order valence-electron chi connectivity index (χ3n) is 7.04. The molecule has 32 heavy (non-hydrogen) atoms. The minimum Gasteiger partial charge on any atom is -0.493 e. The van der Waals surface area contributed by atoms with Crippen LogP contribution in [0, 0.1) is 0 Å². The molecule has 4 aliphatic rings. The Bertz CT molecular complexity index is 882. The van der Waals surface area contributed by atoms with Crippen LogP contribution in [0.5, 0.6) is 5.75 Å². The Labute approximate surface area is 191 Å². The Morgan fingerprint density at radius 2 is 1.81 bits per heavy atom. The molecule has 0 unspecified atom stereocenters. The molecule has 0 aromatic heterocycles. The number of para-hydroxylation sites is 1. The molecule has 1 N–H and O–H groups in total. The van der Waals surface area contributed by atoms with Gasteiger partial charge in [-0.2, -0.15) is 0 Å². The molecule has 2 fully saturated rings. The highest BCUT2D eigenvalue weighted by molar-refractivity contribution is 7.88. The van der Waals surface area contributed by atoms with Crippen LogP contribution in [0.2, 0.25) is 0 Å². The molecular weight excluding hydrogens is 428 g/mol. The van der Waals surface area contributed by atoms with Crippen molar-refractivity contribution >= 4 is 15.9 Å². The van der Waals surface area contributed by atoms with Gasteiger partial charge in [0, 0.05) is 19.0 Å². The zero-order valence-corrected chi connectivity index (χ0v) is 19.8. The second kappa shape index (κ2) is 10.5. The summed E-state index contributed by atoms with van der Waals surface area (Å²) in [6.45, 7) is 1.64. The van der Waals surface area contributed by atoms with E-state index in [0.29, 0.717) is 32.1 Å². The average Bonchev–Trinajstić information content (AvgIpc) is 2.77. The number of fused-ring (bicyclic) bond motifs is 8. The van der Waals surface area contributed by atoms with Crippen molar-refractivity contribution in [3.63, 3.8) is 0 Å². The first-order valence-corrected chi connectivity index (χ1v) is 13.9. The summed E-state index contributed by atoms with van der Waals surface area (Å²) in [5.74, 6) is 1.53. The maximum absolute atomic E-state index is 13.1. The number of amides is 1. The van der Waals surface area contributed by atoms with E-state index in [2.05, 4.69) is 22.9 Å². The molecule has 0 spiro atoms. The Kier molecular flexibility index (Phi) is 7.74. The highest BCUT2D eigenvalue weighted by Gasteiger charge is 2.36. The van der Waals surface area contributed by atoms with E-state index in [9.17, 15) is 13.2 Å². The fraction of sp³-hybridized carbons (Fsp3) is 0.708. The minimum atomic E-state index is -3.36. The number of nitrogens with one attached hydrogen (secondary N) is 1. The van der Waals surface area contributed by atoms with Crippen molar-refractivity contribution in [3.8, 4) is 5.75 Å². The summed E-state index contributed by atoms with van der Waals surface area (Å²) in [4.78, 5) is 14.9. The molecule has 7 nitrogen and oxygen atoms in total. The van der Waals surface area contributed by atoms with Gasteiger partial charge in [-0.3, -0.25) is 4.79 Å². The van der Waals surface area contributed by atoms with Gasteiger partial charge in [-0.15, -0.1) is 0 Å². The first-order chi connectivity index (χ1) is 15.4. The smallest absolute Gasteiger partial charge is 0.222 e. The largest absolute Gasteiger partial charge is 0.493 e. The number of rotatable bonds is 2. The van der Waals surface area contributed by atoms with Gasteiger partial charge in [-0.25, -0.2) is 13.1 Å². The highest BCUT2D eigenvalue weighted by atomic mass is 32.2. The Balaban J connectivity index is 1.51. The molecule has 1 saturated carbocycles. The van der Waals surface area contributed by atoms with E-state index in [0.717, 1.165) is 57.1 Å². The number of piperidine rings is 1. The first kappa shape index (κ1) is 23.5. The third-order valence-corrected chi connectivity index (χ3v) is 7.77. The maximum atomic E-state index is 13.1. The standard InChI is InChI=1S/C24H36N2O5S/c1-32(28,29)25-21-8-6-15-26-22(21)17-31-19-13-11-18(12-14-19)20-7-2-3-9-23(20)30-16-5-4-10-24(26)27/h2-3,7,9,18-19,21-22,25H,4-6,8,10-17H2,1H3/t18?,19?,21-,22-/m0/s1. The molecule has 8 heteroatoms. The lowest BCUT2D eigenvalue weighted by Crippen LogP contribution is -2.59. The number of hydrogen-bond acceptors (Lipinski definition) is 5. The molecule has 3 aliphatic heterocycles. The van der Waals surface area contributed by atoms with Gasteiger partial charge < -0.3 is 14.4 Å². The van der Waals surface area contributed by atoms with Gasteiger partial charge in [-0.05, 0) is 68.9 Å². The zero-order valence-electron chi connectivity index (χ0n) is 19.0. The van der Waals surface area contributed by atoms with Gasteiger partial charge in [0.1, 0.15) is 5.75 Å². The molecule has 178 valence electrons. The Hall–Kier alpha value is -1.64. The van der Waals surface area contributed by atoms with E-state index < -0.39 is 10.0 Å². The number of nitrogens with zero attached hydrogens (tertiary/aromatic N) is 1. The number of benzene rings is 1. The molecule has 1 amide bonds. The van der Waals surface area contributed by atoms with Crippen molar-refractivity contribution in [2.45, 2.75) is 81.9 Å². The normalized spacial score (nSPS) is 30.3. The fourth-order valence-corrected chi connectivity index (χ4v) is 6.24. The van der Waals surface area contributed by atoms with Crippen LogP contribution in [0.25, 0.3) is 0 Å². The Morgan fingerprint density at radius 3 is 2.59 bits per heavy atom. The molecule has 2 atom stereocenters. The number of sulfonamides is 1. The fourth-order valence-electron chi connectivity index (χ4n) is 5.41. The van der Waals surface area contributed by atoms with Crippen molar-refractivity contribution in [1.82, 2.24) is 9.62 Å². The second-order valence-corrected chi connectivity index (χ2v) is 11.2. The SMILES string of the molecule is CS(=O)(=O)N[C@H]1CCCN2C(=O)CCCCOc3ccccc3C3CCC(CC3)OC[C@@H]12. The van der Waals surface area contributed by atoms with Crippen molar-refractivity contribution in [2.75, 3.05) is 26.0 Å². The van der Waals surface area contributed by atoms with Crippen LogP contribution in [-0.4, -0.2) is 63.4 Å². The summed E-state index contributed by atoms with van der Waals surface area (Å²) >= 11 is 0. The van der Waals surface area contributed by atoms with Gasteiger partial charge in [0.2, 0.25) is 15.9 Å². The van der Waals surface area contributed by atoms with Gasteiger partial charge in [0.25, 0.3) is 0 Å². The van der Waals surface area contributed by atoms with Crippen LogP contribution in [0.4, 0.5) is 0 Å². The van der Waals surface area contributed by atoms with Crippen LogP contribution in [0.1, 0.15) is 69.3 Å². The average molecular weight is 465 g/mol. The van der Waals surface area contributed by atoms with E-state index in [1.165, 1.54) is 11.8 Å². The van der Waals surface area contributed by atoms with E-state index in [-0.39, 0.29) is 24.1 Å². The number of ether oxygens (including phenoxy) is 2. The lowest BCUT2D eigenvalue weighted by Gasteiger charge is -2.42. The van der Waals surface area contributed by atoms with E-state index in [4.69, 9.17) is 9.47 Å². The molecule has 1 aromatic carbocycles. The first-order valence-electron chi connectivity index (χ1n) is 12.0. The summed E-state index contributed by atoms with van der Waals surface area (Å²) in [6.07, 6.45) is 8.87. The summed E-state index contributed by atoms with van der Waals surface area (Å²) < 4.78 is 39.1. The summed E-state index contributed by atoms with van der Waals surface area (Å²) in [5, 5.41) is 0. The molecule has 5 rings (SSSR count). The molecule has 1 aromatic rings. The van der Waals surface area contributed by atoms with Gasteiger partial charge in [-0.1, -0.05) is 18.2 Å². The molecule has 0 radical (unpaired) electrons. The van der Waals surface area contributed by atoms with Gasteiger partial charge >= 0.3 is 0 Å². The predicted molar refractivity (Wildman–Crippen MR) is 123 cm³/mol. The van der Waals surface area contributed by atoms with Crippen molar-refractivity contribution in [3.05, 3.63) is 29.8 Å². The van der Waals surface area contributed by atoms with E-state index in [1.54, 1.807) is 0 Å². The summed E-state index contributed by atoms with van der Waals surface area (Å²) in [6, 6.07) is 7.78. The predicted octanol–water partition coefficient (Wildman–Crippen LogP) is 3.20. The van der Waals surface area contributed by atoms with Crippen molar-refractivity contribution < 1.29 is 22.7 Å². The van der Waals surface area contributed by atoms with Crippen LogP contribution < -0.4 is 9.46 Å². The van der Waals surface area contributed by atoms with E-state index in [1.807, 2.05) is 11.0 Å². The van der Waals surface area contributed by atoms with Gasteiger partial charge in [0.15, 0.2) is 0 Å². The minimum absolute atomic E-state index is 0.0785. The maximum Gasteiger partial charge on any atom is 0.222 e. The zero-order chi connectivity index (χ0) is 22.6. The number of hydrogen-bond donors (Lipinski definition) is 1. The Morgan fingerprint density at radius 1 is 1.03 bits per heavy atom. The van der Waals surface area contributed by atoms with Crippen LogP contribution in [0.15, 0.2) is 24.3 Å². The monoisotopic (exact) mass is 464 g/mol. The van der Waals surface area contributed by atoms with Crippen LogP contribution >= 0.6 is 0 Å². The second-order valence-electron chi connectivity index (χ2n) is 9.44. The highest BCUT2D eigenvalue weighted by Crippen LogP contribution is 2.38.